The van der Waals surface area contributed by atoms with Crippen LogP contribution in [0.5, 0.6) is 5.75 Å². The number of hydrogen-bond donors (Lipinski definition) is 1. The lowest BCUT2D eigenvalue weighted by molar-refractivity contribution is -0.0633. The molecular formula is C13H16Cl2O3. The highest BCUT2D eigenvalue weighted by molar-refractivity contribution is 6.34. The van der Waals surface area contributed by atoms with Crippen LogP contribution in [-0.4, -0.2) is 24.9 Å². The van der Waals surface area contributed by atoms with E-state index in [0.717, 1.165) is 19.3 Å². The van der Waals surface area contributed by atoms with Crippen LogP contribution in [0.4, 0.5) is 0 Å². The zero-order valence-electron chi connectivity index (χ0n) is 10.2. The normalized spacial score (nSPS) is 21.7. The fourth-order valence-corrected chi connectivity index (χ4v) is 2.66. The summed E-state index contributed by atoms with van der Waals surface area (Å²) in [6.45, 7) is 0.684. The molecule has 0 amide bonds. The number of benzene rings is 1. The summed E-state index contributed by atoms with van der Waals surface area (Å²) in [7, 11) is 1.53. The molecule has 0 bridgehead atoms. The predicted octanol–water partition coefficient (Wildman–Crippen LogP) is 3.60. The monoisotopic (exact) mass is 290 g/mol. The van der Waals surface area contributed by atoms with Crippen LogP contribution >= 0.6 is 23.2 Å². The highest BCUT2D eigenvalue weighted by Gasteiger charge is 2.26. The molecule has 0 radical (unpaired) electrons. The van der Waals surface area contributed by atoms with Gasteiger partial charge in [0, 0.05) is 18.2 Å². The summed E-state index contributed by atoms with van der Waals surface area (Å²) >= 11 is 12.2. The van der Waals surface area contributed by atoms with Gasteiger partial charge in [-0.1, -0.05) is 23.2 Å². The molecule has 1 N–H and O–H groups in total. The molecule has 2 unspecified atom stereocenters. The maximum absolute atomic E-state index is 10.3. The predicted molar refractivity (Wildman–Crippen MR) is 71.6 cm³/mol. The average molecular weight is 291 g/mol. The highest BCUT2D eigenvalue weighted by atomic mass is 35.5. The van der Waals surface area contributed by atoms with Crippen molar-refractivity contribution in [3.05, 3.63) is 27.7 Å². The van der Waals surface area contributed by atoms with Crippen molar-refractivity contribution in [2.24, 2.45) is 0 Å². The van der Waals surface area contributed by atoms with E-state index in [9.17, 15) is 5.11 Å². The maximum atomic E-state index is 10.3. The number of aliphatic hydroxyl groups is 1. The van der Waals surface area contributed by atoms with E-state index in [-0.39, 0.29) is 6.10 Å². The third-order valence-electron chi connectivity index (χ3n) is 3.16. The molecule has 100 valence electrons. The Hall–Kier alpha value is -0.480. The molecule has 2 rings (SSSR count). The van der Waals surface area contributed by atoms with E-state index in [4.69, 9.17) is 32.7 Å². The lowest BCUT2D eigenvalue weighted by Gasteiger charge is -2.28. The Labute approximate surface area is 117 Å². The van der Waals surface area contributed by atoms with E-state index in [1.165, 1.54) is 7.11 Å². The second-order valence-electron chi connectivity index (χ2n) is 4.36. The van der Waals surface area contributed by atoms with Gasteiger partial charge < -0.3 is 14.6 Å². The smallest absolute Gasteiger partial charge is 0.138 e. The van der Waals surface area contributed by atoms with Crippen molar-refractivity contribution in [3.63, 3.8) is 0 Å². The molecule has 1 aromatic rings. The summed E-state index contributed by atoms with van der Waals surface area (Å²) in [5, 5.41) is 11.2. The molecule has 0 saturated carbocycles. The molecule has 0 spiro atoms. The first kappa shape index (κ1) is 13.9. The third-order valence-corrected chi connectivity index (χ3v) is 3.78. The van der Waals surface area contributed by atoms with E-state index in [1.54, 1.807) is 12.1 Å². The van der Waals surface area contributed by atoms with Gasteiger partial charge in [-0.15, -0.1) is 0 Å². The fraction of sp³-hybridized carbons (Fsp3) is 0.538. The van der Waals surface area contributed by atoms with Crippen LogP contribution in [0.15, 0.2) is 12.1 Å². The molecule has 1 fully saturated rings. The summed E-state index contributed by atoms with van der Waals surface area (Å²) < 4.78 is 10.6. The Morgan fingerprint density at radius 1 is 1.33 bits per heavy atom. The molecule has 18 heavy (non-hydrogen) atoms. The second kappa shape index (κ2) is 6.11. The molecule has 2 atom stereocenters. The molecular weight excluding hydrogens is 275 g/mol. The molecule has 5 heteroatoms. The molecule has 1 aliphatic rings. The number of aliphatic hydroxyl groups excluding tert-OH is 1. The number of rotatable bonds is 3. The Balaban J connectivity index is 2.23. The largest absolute Gasteiger partial charge is 0.495 e. The van der Waals surface area contributed by atoms with Crippen LogP contribution in [0.3, 0.4) is 0 Å². The Kier molecular flexibility index (Phi) is 4.73. The van der Waals surface area contributed by atoms with Crippen molar-refractivity contribution < 1.29 is 14.6 Å². The molecule has 1 saturated heterocycles. The van der Waals surface area contributed by atoms with Crippen LogP contribution in [0.2, 0.25) is 10.0 Å². The zero-order valence-corrected chi connectivity index (χ0v) is 11.7. The summed E-state index contributed by atoms with van der Waals surface area (Å²) in [5.41, 5.74) is 0.592. The fourth-order valence-electron chi connectivity index (χ4n) is 2.14. The van der Waals surface area contributed by atoms with Crippen LogP contribution < -0.4 is 4.74 Å². The van der Waals surface area contributed by atoms with E-state index in [1.807, 2.05) is 0 Å². The van der Waals surface area contributed by atoms with Gasteiger partial charge in [0.05, 0.1) is 23.3 Å². The Bertz CT molecular complexity index is 417. The summed E-state index contributed by atoms with van der Waals surface area (Å²) in [6.07, 6.45) is 1.98. The van der Waals surface area contributed by atoms with Gasteiger partial charge in [-0.2, -0.15) is 0 Å². The first-order valence-electron chi connectivity index (χ1n) is 5.96. The van der Waals surface area contributed by atoms with Crippen LogP contribution in [0.25, 0.3) is 0 Å². The summed E-state index contributed by atoms with van der Waals surface area (Å²) in [5.74, 6) is 0.502. The van der Waals surface area contributed by atoms with Gasteiger partial charge in [0.1, 0.15) is 11.9 Å². The summed E-state index contributed by atoms with van der Waals surface area (Å²) in [4.78, 5) is 0. The molecule has 1 aliphatic heterocycles. The Morgan fingerprint density at radius 3 is 2.72 bits per heavy atom. The van der Waals surface area contributed by atoms with Gasteiger partial charge >= 0.3 is 0 Å². The molecule has 0 aliphatic carbocycles. The van der Waals surface area contributed by atoms with Gasteiger partial charge in [-0.3, -0.25) is 0 Å². The van der Waals surface area contributed by atoms with E-state index in [2.05, 4.69) is 0 Å². The minimum atomic E-state index is -0.749. The average Bonchev–Trinajstić information content (AvgIpc) is 2.41. The lowest BCUT2D eigenvalue weighted by Crippen LogP contribution is -2.26. The molecule has 3 nitrogen and oxygen atoms in total. The van der Waals surface area contributed by atoms with E-state index in [0.29, 0.717) is 28.0 Å². The first-order chi connectivity index (χ1) is 8.63. The number of halogens is 2. The minimum absolute atomic E-state index is 0.208. The van der Waals surface area contributed by atoms with E-state index < -0.39 is 6.10 Å². The quantitative estimate of drug-likeness (QED) is 0.924. The number of ether oxygens (including phenoxy) is 2. The number of methoxy groups -OCH3 is 1. The molecule has 0 aromatic heterocycles. The van der Waals surface area contributed by atoms with E-state index >= 15 is 0 Å². The first-order valence-corrected chi connectivity index (χ1v) is 6.71. The molecule has 1 heterocycles. The third kappa shape index (κ3) is 2.91. The maximum Gasteiger partial charge on any atom is 0.138 e. The van der Waals surface area contributed by atoms with Crippen LogP contribution in [-0.2, 0) is 4.74 Å². The van der Waals surface area contributed by atoms with Crippen LogP contribution in [0.1, 0.15) is 30.9 Å². The zero-order chi connectivity index (χ0) is 13.1. The van der Waals surface area contributed by atoms with Gasteiger partial charge in [0.15, 0.2) is 0 Å². The highest BCUT2D eigenvalue weighted by Crippen LogP contribution is 2.36. The van der Waals surface area contributed by atoms with Gasteiger partial charge in [-0.25, -0.2) is 0 Å². The number of hydrogen-bond acceptors (Lipinski definition) is 3. The van der Waals surface area contributed by atoms with Crippen molar-refractivity contribution in [2.75, 3.05) is 13.7 Å². The Morgan fingerprint density at radius 2 is 2.11 bits per heavy atom. The summed E-state index contributed by atoms with van der Waals surface area (Å²) in [6, 6.07) is 3.26. The van der Waals surface area contributed by atoms with Crippen molar-refractivity contribution >= 4 is 23.2 Å². The van der Waals surface area contributed by atoms with Gasteiger partial charge in [0.25, 0.3) is 0 Å². The topological polar surface area (TPSA) is 38.7 Å². The molecule has 1 aromatic carbocycles. The standard InChI is InChI=1S/C13H16Cl2O3/c1-17-12-7-9(14)8(6-10(12)15)13(16)11-4-2-3-5-18-11/h6-7,11,13,16H,2-5H2,1H3. The van der Waals surface area contributed by atoms with Crippen molar-refractivity contribution in [3.8, 4) is 5.75 Å². The SMILES string of the molecule is COc1cc(Cl)c(C(O)C2CCCCO2)cc1Cl. The van der Waals surface area contributed by atoms with Gasteiger partial charge in [-0.05, 0) is 25.3 Å². The van der Waals surface area contributed by atoms with Crippen molar-refractivity contribution in [1.29, 1.82) is 0 Å². The van der Waals surface area contributed by atoms with Gasteiger partial charge in [0.2, 0.25) is 0 Å². The van der Waals surface area contributed by atoms with Crippen molar-refractivity contribution in [1.82, 2.24) is 0 Å². The second-order valence-corrected chi connectivity index (χ2v) is 5.17. The van der Waals surface area contributed by atoms with Crippen molar-refractivity contribution in [2.45, 2.75) is 31.5 Å². The lowest BCUT2D eigenvalue weighted by atomic mass is 9.98. The minimum Gasteiger partial charge on any atom is -0.495 e. The van der Waals surface area contributed by atoms with Crippen LogP contribution in [0, 0.1) is 0 Å².